The predicted octanol–water partition coefficient (Wildman–Crippen LogP) is 2.94. The van der Waals surface area contributed by atoms with Crippen molar-refractivity contribution in [2.45, 2.75) is 0 Å². The molecule has 2 nitrogen and oxygen atoms in total. The molecule has 4 heteroatoms. The summed E-state index contributed by atoms with van der Waals surface area (Å²) in [5.41, 5.74) is 1.38. The van der Waals surface area contributed by atoms with Crippen LogP contribution in [0.15, 0.2) is 36.8 Å². The summed E-state index contributed by atoms with van der Waals surface area (Å²) in [7, 11) is 0. The Morgan fingerprint density at radius 3 is 2.64 bits per heavy atom. The molecular weight excluding hydrogens is 203 g/mol. The van der Waals surface area contributed by atoms with E-state index in [0.717, 1.165) is 11.8 Å². The summed E-state index contributed by atoms with van der Waals surface area (Å²) in [4.78, 5) is 7.59. The second kappa shape index (κ2) is 3.72. The molecule has 0 saturated heterocycles. The lowest BCUT2D eigenvalue weighted by Crippen LogP contribution is -1.86. The lowest BCUT2D eigenvalue weighted by molar-refractivity contribution is 0.622. The van der Waals surface area contributed by atoms with Crippen LogP contribution in [0.2, 0.25) is 5.15 Å². The molecule has 0 radical (unpaired) electrons. The number of aromatic nitrogens is 2. The van der Waals surface area contributed by atoms with Gasteiger partial charge in [-0.25, -0.2) is 9.37 Å². The Labute approximate surface area is 85.4 Å². The first-order chi connectivity index (χ1) is 6.77. The van der Waals surface area contributed by atoms with Gasteiger partial charge >= 0.3 is 0 Å². The maximum Gasteiger partial charge on any atom is 0.142 e. The van der Waals surface area contributed by atoms with Gasteiger partial charge in [0, 0.05) is 18.0 Å². The molecule has 0 saturated carbocycles. The van der Waals surface area contributed by atoms with Crippen molar-refractivity contribution in [2.24, 2.45) is 0 Å². The fourth-order valence-corrected chi connectivity index (χ4v) is 1.37. The molecule has 0 unspecified atom stereocenters. The molecule has 2 aromatic rings. The number of pyridine rings is 2. The molecule has 2 aromatic heterocycles. The van der Waals surface area contributed by atoms with Crippen molar-refractivity contribution < 1.29 is 4.39 Å². The minimum Gasteiger partial charge on any atom is -0.265 e. The average molecular weight is 209 g/mol. The smallest absolute Gasteiger partial charge is 0.142 e. The van der Waals surface area contributed by atoms with Gasteiger partial charge in [-0.15, -0.1) is 0 Å². The molecule has 14 heavy (non-hydrogen) atoms. The third kappa shape index (κ3) is 1.72. The second-order valence-corrected chi connectivity index (χ2v) is 3.09. The zero-order valence-corrected chi connectivity index (χ0v) is 7.87. The Balaban J connectivity index is 2.57. The highest BCUT2D eigenvalue weighted by molar-refractivity contribution is 6.32. The van der Waals surface area contributed by atoms with Crippen molar-refractivity contribution >= 4 is 11.6 Å². The molecule has 0 amide bonds. The van der Waals surface area contributed by atoms with Gasteiger partial charge < -0.3 is 0 Å². The summed E-state index contributed by atoms with van der Waals surface area (Å²) in [6.07, 6.45) is 4.33. The molecule has 0 aliphatic heterocycles. The van der Waals surface area contributed by atoms with E-state index in [1.54, 1.807) is 24.5 Å². The van der Waals surface area contributed by atoms with E-state index in [9.17, 15) is 4.39 Å². The van der Waals surface area contributed by atoms with Gasteiger partial charge in [0.15, 0.2) is 0 Å². The number of hydrogen-bond donors (Lipinski definition) is 0. The highest BCUT2D eigenvalue weighted by Crippen LogP contribution is 2.25. The van der Waals surface area contributed by atoms with Gasteiger partial charge in [-0.3, -0.25) is 4.98 Å². The Bertz CT molecular complexity index is 445. The van der Waals surface area contributed by atoms with Crippen LogP contribution in [0.5, 0.6) is 0 Å². The summed E-state index contributed by atoms with van der Waals surface area (Å²) in [5.74, 6) is -0.402. The van der Waals surface area contributed by atoms with Gasteiger partial charge in [0.25, 0.3) is 0 Å². The molecule has 0 fully saturated rings. The predicted molar refractivity (Wildman–Crippen MR) is 52.4 cm³/mol. The molecular formula is C10H6ClFN2. The molecule has 2 rings (SSSR count). The van der Waals surface area contributed by atoms with Crippen molar-refractivity contribution in [1.82, 2.24) is 9.97 Å². The lowest BCUT2D eigenvalue weighted by atomic mass is 10.1. The van der Waals surface area contributed by atoms with E-state index in [0.29, 0.717) is 5.56 Å². The van der Waals surface area contributed by atoms with Gasteiger partial charge in [-0.2, -0.15) is 0 Å². The number of nitrogens with zero attached hydrogens (tertiary/aromatic N) is 2. The van der Waals surface area contributed by atoms with Gasteiger partial charge in [0.2, 0.25) is 0 Å². The van der Waals surface area contributed by atoms with Crippen LogP contribution in [-0.2, 0) is 0 Å². The Morgan fingerprint density at radius 1 is 1.21 bits per heavy atom. The van der Waals surface area contributed by atoms with Crippen LogP contribution in [-0.4, -0.2) is 9.97 Å². The maximum absolute atomic E-state index is 12.9. The van der Waals surface area contributed by atoms with Crippen LogP contribution < -0.4 is 0 Å². The zero-order valence-electron chi connectivity index (χ0n) is 7.11. The van der Waals surface area contributed by atoms with E-state index in [4.69, 9.17) is 11.6 Å². The third-order valence-corrected chi connectivity index (χ3v) is 2.10. The van der Waals surface area contributed by atoms with E-state index in [1.165, 1.54) is 6.07 Å². The van der Waals surface area contributed by atoms with Gasteiger partial charge in [0.05, 0.1) is 6.20 Å². The first-order valence-corrected chi connectivity index (χ1v) is 4.36. The standard InChI is InChI=1S/C10H6ClFN2/c11-10-9(5-8(12)6-14-10)7-1-3-13-4-2-7/h1-6H. The van der Waals surface area contributed by atoms with E-state index in [-0.39, 0.29) is 5.15 Å². The Hall–Kier alpha value is -1.48. The molecule has 70 valence electrons. The quantitative estimate of drug-likeness (QED) is 0.674. The second-order valence-electron chi connectivity index (χ2n) is 2.73. The summed E-state index contributed by atoms with van der Waals surface area (Å²) < 4.78 is 12.9. The third-order valence-electron chi connectivity index (χ3n) is 1.80. The van der Waals surface area contributed by atoms with Crippen molar-refractivity contribution in [3.05, 3.63) is 47.8 Å². The topological polar surface area (TPSA) is 25.8 Å². The maximum atomic E-state index is 12.9. The fraction of sp³-hybridized carbons (Fsp3) is 0. The van der Waals surface area contributed by atoms with Crippen molar-refractivity contribution in [3.8, 4) is 11.1 Å². The minimum atomic E-state index is -0.402. The van der Waals surface area contributed by atoms with Crippen LogP contribution in [0.1, 0.15) is 0 Å². The van der Waals surface area contributed by atoms with Crippen molar-refractivity contribution in [3.63, 3.8) is 0 Å². The summed E-state index contributed by atoms with van der Waals surface area (Å²) >= 11 is 5.83. The number of hydrogen-bond acceptors (Lipinski definition) is 2. The number of halogens is 2. The minimum absolute atomic E-state index is 0.289. The van der Waals surface area contributed by atoms with Crippen LogP contribution in [0.3, 0.4) is 0 Å². The van der Waals surface area contributed by atoms with E-state index in [2.05, 4.69) is 9.97 Å². The molecule has 0 atom stereocenters. The summed E-state index contributed by atoms with van der Waals surface area (Å²) in [6.45, 7) is 0. The monoisotopic (exact) mass is 208 g/mol. The molecule has 0 bridgehead atoms. The SMILES string of the molecule is Fc1cnc(Cl)c(-c2ccncc2)c1. The average Bonchev–Trinajstić information content (AvgIpc) is 2.23. The van der Waals surface area contributed by atoms with Gasteiger partial charge in [-0.1, -0.05) is 11.6 Å². The van der Waals surface area contributed by atoms with E-state index >= 15 is 0 Å². The largest absolute Gasteiger partial charge is 0.265 e. The lowest BCUT2D eigenvalue weighted by Gasteiger charge is -2.02. The highest BCUT2D eigenvalue weighted by atomic mass is 35.5. The molecule has 0 aliphatic carbocycles. The van der Waals surface area contributed by atoms with Crippen molar-refractivity contribution in [1.29, 1.82) is 0 Å². The normalized spacial score (nSPS) is 10.1. The van der Waals surface area contributed by atoms with Crippen LogP contribution in [0.25, 0.3) is 11.1 Å². The van der Waals surface area contributed by atoms with Gasteiger partial charge in [0.1, 0.15) is 11.0 Å². The molecule has 0 N–H and O–H groups in total. The molecule has 0 aromatic carbocycles. The Morgan fingerprint density at radius 2 is 1.93 bits per heavy atom. The van der Waals surface area contributed by atoms with Crippen molar-refractivity contribution in [2.75, 3.05) is 0 Å². The highest BCUT2D eigenvalue weighted by Gasteiger charge is 2.05. The fourth-order valence-electron chi connectivity index (χ4n) is 1.16. The zero-order chi connectivity index (χ0) is 9.97. The van der Waals surface area contributed by atoms with Crippen LogP contribution >= 0.6 is 11.6 Å². The number of rotatable bonds is 1. The first-order valence-electron chi connectivity index (χ1n) is 3.99. The summed E-state index contributed by atoms with van der Waals surface area (Å²) in [5, 5.41) is 0.289. The molecule has 2 heterocycles. The molecule has 0 spiro atoms. The Kier molecular flexibility index (Phi) is 2.41. The molecule has 0 aliphatic rings. The first kappa shape index (κ1) is 9.09. The van der Waals surface area contributed by atoms with Gasteiger partial charge in [-0.05, 0) is 23.8 Å². The van der Waals surface area contributed by atoms with E-state index < -0.39 is 5.82 Å². The van der Waals surface area contributed by atoms with Crippen LogP contribution in [0.4, 0.5) is 4.39 Å². The van der Waals surface area contributed by atoms with Crippen LogP contribution in [0, 0.1) is 5.82 Å². The van der Waals surface area contributed by atoms with E-state index in [1.807, 2.05) is 0 Å². The summed E-state index contributed by atoms with van der Waals surface area (Å²) in [6, 6.07) is 4.86.